The Balaban J connectivity index is 1.63. The number of benzene rings is 1. The van der Waals surface area contributed by atoms with E-state index in [1.807, 2.05) is 23.2 Å². The molecule has 3 aromatic rings. The molecule has 26 heavy (non-hydrogen) atoms. The zero-order valence-corrected chi connectivity index (χ0v) is 13.8. The molecule has 0 atom stereocenters. The number of imidazole rings is 1. The smallest absolute Gasteiger partial charge is 0.449 e. The molecular weight excluding hydrogens is 349 g/mol. The van der Waals surface area contributed by atoms with Crippen LogP contribution in [-0.2, 0) is 19.1 Å². The van der Waals surface area contributed by atoms with Gasteiger partial charge in [0.1, 0.15) is 11.4 Å². The first-order valence-corrected chi connectivity index (χ1v) is 7.96. The first-order valence-electron chi connectivity index (χ1n) is 7.96. The molecule has 0 spiro atoms. The third-order valence-electron chi connectivity index (χ3n) is 4.54. The van der Waals surface area contributed by atoms with E-state index in [2.05, 4.69) is 9.97 Å². The van der Waals surface area contributed by atoms with Crippen LogP contribution in [0.5, 0.6) is 5.75 Å². The van der Waals surface area contributed by atoms with Crippen LogP contribution in [0.15, 0.2) is 24.4 Å². The van der Waals surface area contributed by atoms with Crippen molar-refractivity contribution in [1.82, 2.24) is 19.9 Å². The van der Waals surface area contributed by atoms with Crippen molar-refractivity contribution < 1.29 is 22.7 Å². The molecule has 0 saturated carbocycles. The molecule has 0 radical (unpaired) electrons. The zero-order chi connectivity index (χ0) is 18.5. The number of rotatable bonds is 2. The number of hydrogen-bond donors (Lipinski definition) is 2. The van der Waals surface area contributed by atoms with Crippen LogP contribution in [0.1, 0.15) is 27.6 Å². The first kappa shape index (κ1) is 16.5. The second-order valence-corrected chi connectivity index (χ2v) is 6.10. The first-order chi connectivity index (χ1) is 12.4. The largest absolute Gasteiger partial charge is 0.497 e. The highest BCUT2D eigenvalue weighted by molar-refractivity contribution is 5.93. The number of hydrogen-bond acceptors (Lipinski definition) is 3. The lowest BCUT2D eigenvalue weighted by molar-refractivity contribution is -0.144. The fraction of sp³-hybridized carbons (Fsp3) is 0.294. The minimum Gasteiger partial charge on any atom is -0.497 e. The Hall–Kier alpha value is -2.97. The molecule has 2 N–H and O–H groups in total. The van der Waals surface area contributed by atoms with E-state index in [0.717, 1.165) is 28.4 Å². The molecule has 3 heterocycles. The number of alkyl halides is 3. The quantitative estimate of drug-likeness (QED) is 0.734. The maximum Gasteiger partial charge on any atom is 0.449 e. The van der Waals surface area contributed by atoms with Crippen molar-refractivity contribution in [2.24, 2.45) is 0 Å². The molecule has 0 aliphatic carbocycles. The van der Waals surface area contributed by atoms with Crippen LogP contribution in [0, 0.1) is 0 Å². The summed E-state index contributed by atoms with van der Waals surface area (Å²) in [5.41, 5.74) is 2.67. The predicted octanol–water partition coefficient (Wildman–Crippen LogP) is 3.12. The summed E-state index contributed by atoms with van der Waals surface area (Å²) in [7, 11) is 1.58. The Kier molecular flexibility index (Phi) is 3.67. The second-order valence-electron chi connectivity index (χ2n) is 6.10. The number of carbonyl (C=O) groups is 1. The zero-order valence-electron chi connectivity index (χ0n) is 13.8. The number of amides is 1. The van der Waals surface area contributed by atoms with Crippen molar-refractivity contribution in [2.45, 2.75) is 19.1 Å². The van der Waals surface area contributed by atoms with Crippen molar-refractivity contribution in [1.29, 1.82) is 0 Å². The number of aromatic amines is 2. The van der Waals surface area contributed by atoms with Gasteiger partial charge in [0.25, 0.3) is 5.91 Å². The Morgan fingerprint density at radius 2 is 2.15 bits per heavy atom. The molecule has 0 saturated heterocycles. The highest BCUT2D eigenvalue weighted by atomic mass is 19.4. The number of ether oxygens (including phenoxy) is 1. The highest BCUT2D eigenvalue weighted by Crippen LogP contribution is 2.31. The summed E-state index contributed by atoms with van der Waals surface area (Å²) in [6.45, 7) is 0.708. The minimum atomic E-state index is -4.61. The van der Waals surface area contributed by atoms with Gasteiger partial charge < -0.3 is 19.6 Å². The predicted molar refractivity (Wildman–Crippen MR) is 86.9 cm³/mol. The van der Waals surface area contributed by atoms with Gasteiger partial charge in [0.15, 0.2) is 0 Å². The molecule has 1 amide bonds. The van der Waals surface area contributed by atoms with E-state index in [1.54, 1.807) is 7.11 Å². The van der Waals surface area contributed by atoms with Crippen molar-refractivity contribution in [3.05, 3.63) is 47.2 Å². The molecule has 1 aliphatic rings. The van der Waals surface area contributed by atoms with E-state index >= 15 is 0 Å². The number of methoxy groups -OCH3 is 1. The molecule has 1 aromatic carbocycles. The van der Waals surface area contributed by atoms with E-state index in [-0.39, 0.29) is 5.69 Å². The molecule has 136 valence electrons. The Morgan fingerprint density at radius 1 is 1.35 bits per heavy atom. The number of nitrogens with one attached hydrogen (secondary N) is 2. The third-order valence-corrected chi connectivity index (χ3v) is 4.54. The molecule has 1 aliphatic heterocycles. The maximum atomic E-state index is 12.7. The summed E-state index contributed by atoms with van der Waals surface area (Å²) in [4.78, 5) is 22.8. The van der Waals surface area contributed by atoms with Crippen molar-refractivity contribution >= 4 is 16.8 Å². The van der Waals surface area contributed by atoms with E-state index in [1.165, 1.54) is 4.90 Å². The summed E-state index contributed by atoms with van der Waals surface area (Å²) in [6.07, 6.45) is -3.02. The van der Waals surface area contributed by atoms with Gasteiger partial charge >= 0.3 is 6.18 Å². The lowest BCUT2D eigenvalue weighted by Gasteiger charge is -2.26. The Bertz CT molecular complexity index is 990. The van der Waals surface area contributed by atoms with Gasteiger partial charge in [-0.15, -0.1) is 0 Å². The van der Waals surface area contributed by atoms with Crippen LogP contribution < -0.4 is 4.74 Å². The third kappa shape index (κ3) is 2.69. The summed E-state index contributed by atoms with van der Waals surface area (Å²) < 4.78 is 43.3. The molecule has 0 unspecified atom stereocenters. The van der Waals surface area contributed by atoms with Crippen molar-refractivity contribution in [3.8, 4) is 5.75 Å². The van der Waals surface area contributed by atoms with Gasteiger partial charge in [-0.25, -0.2) is 4.98 Å². The summed E-state index contributed by atoms with van der Waals surface area (Å²) in [5, 5.41) is 0.940. The number of H-pyrrole nitrogens is 2. The normalized spacial score (nSPS) is 14.5. The number of aromatic nitrogens is 3. The molecular formula is C17H15F3N4O2. The average Bonchev–Trinajstić information content (AvgIpc) is 3.24. The number of halogens is 3. The van der Waals surface area contributed by atoms with E-state index in [9.17, 15) is 18.0 Å². The van der Waals surface area contributed by atoms with Gasteiger partial charge in [-0.3, -0.25) is 4.79 Å². The van der Waals surface area contributed by atoms with E-state index in [0.29, 0.717) is 25.3 Å². The summed E-state index contributed by atoms with van der Waals surface area (Å²) in [6, 6.07) is 5.63. The van der Waals surface area contributed by atoms with Gasteiger partial charge in [0, 0.05) is 47.9 Å². The lowest BCUT2D eigenvalue weighted by Crippen LogP contribution is -2.36. The minimum absolute atomic E-state index is 0.238. The van der Waals surface area contributed by atoms with Gasteiger partial charge in [0.05, 0.1) is 7.11 Å². The standard InChI is InChI=1S/C17H15F3N4O2/c1-26-9-2-3-12-10(6-9)11-8-24(5-4-13(11)22-12)15(25)14-7-21-16(23-14)17(18,19)20/h2-3,6-7,22H,4-5,8H2,1H3,(H,21,23). The van der Waals surface area contributed by atoms with Crippen LogP contribution in [0.2, 0.25) is 0 Å². The van der Waals surface area contributed by atoms with Gasteiger partial charge in [-0.1, -0.05) is 0 Å². The number of carbonyl (C=O) groups excluding carboxylic acids is 1. The van der Waals surface area contributed by atoms with Gasteiger partial charge in [0.2, 0.25) is 5.82 Å². The number of nitrogens with zero attached hydrogens (tertiary/aromatic N) is 2. The van der Waals surface area contributed by atoms with Crippen LogP contribution in [-0.4, -0.2) is 39.4 Å². The number of fused-ring (bicyclic) bond motifs is 3. The molecule has 6 nitrogen and oxygen atoms in total. The monoisotopic (exact) mass is 364 g/mol. The van der Waals surface area contributed by atoms with Crippen LogP contribution in [0.3, 0.4) is 0 Å². The average molecular weight is 364 g/mol. The van der Waals surface area contributed by atoms with Gasteiger partial charge in [-0.05, 0) is 18.2 Å². The van der Waals surface area contributed by atoms with E-state index in [4.69, 9.17) is 4.74 Å². The van der Waals surface area contributed by atoms with Crippen LogP contribution in [0.4, 0.5) is 13.2 Å². The Morgan fingerprint density at radius 3 is 2.85 bits per heavy atom. The lowest BCUT2D eigenvalue weighted by atomic mass is 10.0. The maximum absolute atomic E-state index is 12.7. The molecule has 9 heteroatoms. The second kappa shape index (κ2) is 5.79. The molecule has 2 aromatic heterocycles. The van der Waals surface area contributed by atoms with Crippen LogP contribution in [0.25, 0.3) is 10.9 Å². The van der Waals surface area contributed by atoms with E-state index < -0.39 is 17.9 Å². The fourth-order valence-corrected chi connectivity index (χ4v) is 3.23. The van der Waals surface area contributed by atoms with Crippen molar-refractivity contribution in [2.75, 3.05) is 13.7 Å². The summed E-state index contributed by atoms with van der Waals surface area (Å²) >= 11 is 0. The summed E-state index contributed by atoms with van der Waals surface area (Å²) in [5.74, 6) is -1.00. The van der Waals surface area contributed by atoms with Crippen molar-refractivity contribution in [3.63, 3.8) is 0 Å². The molecule has 0 fully saturated rings. The Labute approximate surface area is 146 Å². The molecule has 4 rings (SSSR count). The highest BCUT2D eigenvalue weighted by Gasteiger charge is 2.36. The fourth-order valence-electron chi connectivity index (χ4n) is 3.23. The molecule has 0 bridgehead atoms. The van der Waals surface area contributed by atoms with Crippen LogP contribution >= 0.6 is 0 Å². The van der Waals surface area contributed by atoms with Gasteiger partial charge in [-0.2, -0.15) is 13.2 Å². The SMILES string of the molecule is COc1ccc2[nH]c3c(c2c1)CN(C(=O)c1c[nH]c(C(F)(F)F)n1)CC3. The topological polar surface area (TPSA) is 74.0 Å².